The van der Waals surface area contributed by atoms with E-state index in [0.29, 0.717) is 12.2 Å². The smallest absolute Gasteiger partial charge is 0.251 e. The molecule has 30 heavy (non-hydrogen) atoms. The lowest BCUT2D eigenvalue weighted by molar-refractivity contribution is -0.121. The van der Waals surface area contributed by atoms with Crippen LogP contribution in [0.4, 0.5) is 5.69 Å². The average molecular weight is 397 g/mol. The van der Waals surface area contributed by atoms with Crippen molar-refractivity contribution < 1.29 is 9.59 Å². The van der Waals surface area contributed by atoms with E-state index in [2.05, 4.69) is 35.4 Å². The van der Waals surface area contributed by atoms with Crippen molar-refractivity contribution in [2.24, 2.45) is 0 Å². The number of hydrogen-bond acceptors (Lipinski definition) is 3. The van der Waals surface area contributed by atoms with Gasteiger partial charge < -0.3 is 10.3 Å². The molecule has 1 atom stereocenters. The number of nitrogens with zero attached hydrogens (tertiary/aromatic N) is 1. The van der Waals surface area contributed by atoms with Crippen LogP contribution in [0.3, 0.4) is 0 Å². The molecule has 0 saturated carbocycles. The molecule has 1 aliphatic rings. The lowest BCUT2D eigenvalue weighted by Gasteiger charge is -2.17. The molecule has 0 unspecified atom stereocenters. The van der Waals surface area contributed by atoms with Crippen LogP contribution < -0.4 is 10.2 Å². The van der Waals surface area contributed by atoms with E-state index in [9.17, 15) is 9.59 Å². The van der Waals surface area contributed by atoms with Gasteiger partial charge in [-0.15, -0.1) is 0 Å². The Labute approximate surface area is 174 Å². The summed E-state index contributed by atoms with van der Waals surface area (Å²) in [6.07, 6.45) is 3.00. The van der Waals surface area contributed by atoms with Gasteiger partial charge in [0.25, 0.3) is 5.91 Å². The third kappa shape index (κ3) is 3.17. The number of carbonyl (C=O) groups is 2. The molecule has 1 fully saturated rings. The Morgan fingerprint density at radius 2 is 1.87 bits per heavy atom. The van der Waals surface area contributed by atoms with Crippen LogP contribution in [-0.4, -0.2) is 29.4 Å². The van der Waals surface area contributed by atoms with E-state index in [1.165, 1.54) is 21.4 Å². The third-order valence-corrected chi connectivity index (χ3v) is 5.86. The van der Waals surface area contributed by atoms with Crippen LogP contribution in [-0.2, 0) is 16.0 Å². The van der Waals surface area contributed by atoms with E-state index in [4.69, 9.17) is 0 Å². The number of amides is 2. The van der Waals surface area contributed by atoms with Gasteiger partial charge in [0.2, 0.25) is 5.91 Å². The second-order valence-corrected chi connectivity index (χ2v) is 7.89. The quantitative estimate of drug-likeness (QED) is 0.499. The van der Waals surface area contributed by atoms with Crippen LogP contribution in [0, 0.1) is 6.92 Å². The number of imide groups is 1. The second kappa shape index (κ2) is 7.43. The summed E-state index contributed by atoms with van der Waals surface area (Å²) in [7, 11) is 0. The summed E-state index contributed by atoms with van der Waals surface area (Å²) in [5.74, 6) is -0.331. The number of carbonyl (C=O) groups excluding carboxylic acids is 2. The SMILES string of the molecule is Cc1ccc2[nH]cc(CCN[C@H]3CC(=O)N(c4cccc5ccccc45)C3=O)c2c1. The summed E-state index contributed by atoms with van der Waals surface area (Å²) >= 11 is 0. The molecule has 1 aliphatic heterocycles. The minimum Gasteiger partial charge on any atom is -0.361 e. The number of benzene rings is 3. The Bertz CT molecular complexity index is 1270. The topological polar surface area (TPSA) is 65.2 Å². The van der Waals surface area contributed by atoms with Crippen molar-refractivity contribution in [3.8, 4) is 0 Å². The molecule has 0 radical (unpaired) electrons. The molecule has 4 aromatic rings. The Kier molecular flexibility index (Phi) is 4.60. The van der Waals surface area contributed by atoms with Gasteiger partial charge in [-0.1, -0.05) is 48.0 Å². The van der Waals surface area contributed by atoms with Gasteiger partial charge in [-0.2, -0.15) is 0 Å². The first kappa shape index (κ1) is 18.6. The van der Waals surface area contributed by atoms with Crippen molar-refractivity contribution in [2.75, 3.05) is 11.4 Å². The molecular formula is C25H23N3O2. The molecule has 5 rings (SSSR count). The lowest BCUT2D eigenvalue weighted by atomic mass is 10.1. The predicted octanol–water partition coefficient (Wildman–Crippen LogP) is 4.09. The number of aromatic nitrogens is 1. The Morgan fingerprint density at radius 3 is 2.77 bits per heavy atom. The van der Waals surface area contributed by atoms with E-state index < -0.39 is 6.04 Å². The second-order valence-electron chi connectivity index (χ2n) is 7.89. The highest BCUT2D eigenvalue weighted by Crippen LogP contribution is 2.30. The maximum atomic E-state index is 13.0. The summed E-state index contributed by atoms with van der Waals surface area (Å²) in [6.45, 7) is 2.72. The number of fused-ring (bicyclic) bond motifs is 2. The molecule has 0 spiro atoms. The van der Waals surface area contributed by atoms with Gasteiger partial charge in [0.1, 0.15) is 0 Å². The van der Waals surface area contributed by atoms with Crippen LogP contribution in [0.15, 0.2) is 66.9 Å². The highest BCUT2D eigenvalue weighted by atomic mass is 16.2. The maximum Gasteiger partial charge on any atom is 0.251 e. The van der Waals surface area contributed by atoms with Crippen molar-refractivity contribution >= 4 is 39.2 Å². The predicted molar refractivity (Wildman–Crippen MR) is 120 cm³/mol. The summed E-state index contributed by atoms with van der Waals surface area (Å²) in [4.78, 5) is 30.4. The molecule has 5 nitrogen and oxygen atoms in total. The van der Waals surface area contributed by atoms with Crippen LogP contribution >= 0.6 is 0 Å². The summed E-state index contributed by atoms with van der Waals surface area (Å²) in [5, 5.41) is 6.44. The number of nitrogens with one attached hydrogen (secondary N) is 2. The van der Waals surface area contributed by atoms with Crippen molar-refractivity contribution in [3.05, 3.63) is 78.0 Å². The standard InChI is InChI=1S/C25H23N3O2/c1-16-9-10-21-20(13-16)18(15-27-21)11-12-26-22-14-24(29)28(25(22)30)23-8-4-6-17-5-2-3-7-19(17)23/h2-10,13,15,22,26-27H,11-12,14H2,1H3/t22-/m0/s1. The largest absolute Gasteiger partial charge is 0.361 e. The van der Waals surface area contributed by atoms with Crippen molar-refractivity contribution in [1.82, 2.24) is 10.3 Å². The van der Waals surface area contributed by atoms with E-state index in [1.54, 1.807) is 0 Å². The number of H-pyrrole nitrogens is 1. The lowest BCUT2D eigenvalue weighted by Crippen LogP contribution is -2.39. The van der Waals surface area contributed by atoms with Crippen LogP contribution in [0.5, 0.6) is 0 Å². The number of aryl methyl sites for hydroxylation is 1. The average Bonchev–Trinajstić information content (AvgIpc) is 3.27. The van der Waals surface area contributed by atoms with Crippen LogP contribution in [0.2, 0.25) is 0 Å². The van der Waals surface area contributed by atoms with Gasteiger partial charge in [0.05, 0.1) is 18.2 Å². The molecule has 2 heterocycles. The fourth-order valence-electron chi connectivity index (χ4n) is 4.33. The van der Waals surface area contributed by atoms with E-state index in [-0.39, 0.29) is 18.2 Å². The zero-order chi connectivity index (χ0) is 20.7. The van der Waals surface area contributed by atoms with Crippen molar-refractivity contribution in [1.29, 1.82) is 0 Å². The zero-order valence-corrected chi connectivity index (χ0v) is 16.8. The summed E-state index contributed by atoms with van der Waals surface area (Å²) in [6, 6.07) is 19.4. The molecule has 2 N–H and O–H groups in total. The van der Waals surface area contributed by atoms with Gasteiger partial charge in [0, 0.05) is 29.0 Å². The van der Waals surface area contributed by atoms with Crippen molar-refractivity contribution in [3.63, 3.8) is 0 Å². The molecule has 1 aromatic heterocycles. The molecule has 150 valence electrons. The fourth-order valence-corrected chi connectivity index (χ4v) is 4.33. The highest BCUT2D eigenvalue weighted by Gasteiger charge is 2.39. The maximum absolute atomic E-state index is 13.0. The third-order valence-electron chi connectivity index (χ3n) is 5.86. The molecular weight excluding hydrogens is 374 g/mol. The van der Waals surface area contributed by atoms with Gasteiger partial charge in [-0.3, -0.25) is 9.59 Å². The first-order chi connectivity index (χ1) is 14.6. The van der Waals surface area contributed by atoms with Gasteiger partial charge in [-0.05, 0) is 42.5 Å². The number of hydrogen-bond donors (Lipinski definition) is 2. The highest BCUT2D eigenvalue weighted by molar-refractivity contribution is 6.25. The summed E-state index contributed by atoms with van der Waals surface area (Å²) in [5.41, 5.74) is 4.21. The van der Waals surface area contributed by atoms with E-state index >= 15 is 0 Å². The number of anilines is 1. The minimum absolute atomic E-state index is 0.156. The monoisotopic (exact) mass is 397 g/mol. The first-order valence-corrected chi connectivity index (χ1v) is 10.3. The first-order valence-electron chi connectivity index (χ1n) is 10.3. The summed E-state index contributed by atoms with van der Waals surface area (Å²) < 4.78 is 0. The van der Waals surface area contributed by atoms with Gasteiger partial charge >= 0.3 is 0 Å². The zero-order valence-electron chi connectivity index (χ0n) is 16.8. The normalized spacial score (nSPS) is 16.8. The van der Waals surface area contributed by atoms with E-state index in [0.717, 1.165) is 22.7 Å². The van der Waals surface area contributed by atoms with Crippen LogP contribution in [0.1, 0.15) is 17.5 Å². The Morgan fingerprint density at radius 1 is 1.03 bits per heavy atom. The minimum atomic E-state index is -0.483. The van der Waals surface area contributed by atoms with E-state index in [1.807, 2.05) is 48.7 Å². The van der Waals surface area contributed by atoms with Crippen LogP contribution in [0.25, 0.3) is 21.7 Å². The Hall–Kier alpha value is -3.44. The van der Waals surface area contributed by atoms with Crippen molar-refractivity contribution in [2.45, 2.75) is 25.8 Å². The number of rotatable bonds is 5. The molecule has 5 heteroatoms. The molecule has 1 saturated heterocycles. The Balaban J connectivity index is 1.31. The van der Waals surface area contributed by atoms with Gasteiger partial charge in [-0.25, -0.2) is 4.90 Å². The number of aromatic amines is 1. The molecule has 2 amide bonds. The molecule has 3 aromatic carbocycles. The fraction of sp³-hybridized carbons (Fsp3) is 0.200. The van der Waals surface area contributed by atoms with Gasteiger partial charge in [0.15, 0.2) is 0 Å². The molecule has 0 bridgehead atoms. The molecule has 0 aliphatic carbocycles.